The number of aliphatic carboxylic acids is 1. The summed E-state index contributed by atoms with van der Waals surface area (Å²) in [4.78, 5) is 16.2. The first-order valence-electron chi connectivity index (χ1n) is 4.91. The first-order valence-corrected chi connectivity index (χ1v) is 5.72. The number of carboxylic acids is 1. The molecule has 1 saturated carbocycles. The van der Waals surface area contributed by atoms with Crippen LogP contribution in [0, 0.1) is 0 Å². The van der Waals surface area contributed by atoms with E-state index in [9.17, 15) is 4.79 Å². The summed E-state index contributed by atoms with van der Waals surface area (Å²) in [6.45, 7) is 2.10. The molecular weight excluding hydrogens is 198 g/mol. The average Bonchev–Trinajstić information content (AvgIpc) is 2.88. The summed E-state index contributed by atoms with van der Waals surface area (Å²) in [6, 6.07) is 0. The van der Waals surface area contributed by atoms with Crippen LogP contribution < -0.4 is 0 Å². The molecule has 1 aromatic heterocycles. The van der Waals surface area contributed by atoms with Crippen molar-refractivity contribution in [3.63, 3.8) is 0 Å². The van der Waals surface area contributed by atoms with Crippen molar-refractivity contribution in [2.45, 2.75) is 38.5 Å². The zero-order valence-corrected chi connectivity index (χ0v) is 8.93. The molecule has 0 aromatic carbocycles. The van der Waals surface area contributed by atoms with E-state index in [-0.39, 0.29) is 6.42 Å². The highest BCUT2D eigenvalue weighted by Crippen LogP contribution is 2.42. The Labute approximate surface area is 86.8 Å². The molecule has 1 N–H and O–H groups in total. The van der Waals surface area contributed by atoms with E-state index in [1.165, 1.54) is 23.4 Å². The first kappa shape index (κ1) is 9.65. The summed E-state index contributed by atoms with van der Waals surface area (Å²) < 4.78 is 0. The smallest absolute Gasteiger partial charge is 0.310 e. The fraction of sp³-hybridized carbons (Fsp3) is 0.600. The van der Waals surface area contributed by atoms with Gasteiger partial charge >= 0.3 is 5.97 Å². The monoisotopic (exact) mass is 211 g/mol. The van der Waals surface area contributed by atoms with Gasteiger partial charge in [-0.2, -0.15) is 0 Å². The zero-order valence-electron chi connectivity index (χ0n) is 8.12. The maximum atomic E-state index is 10.5. The molecule has 1 fully saturated rings. The van der Waals surface area contributed by atoms with Crippen LogP contribution >= 0.6 is 11.3 Å². The summed E-state index contributed by atoms with van der Waals surface area (Å²) in [5, 5.41) is 9.42. The second kappa shape index (κ2) is 3.69. The van der Waals surface area contributed by atoms with Gasteiger partial charge in [0, 0.05) is 10.8 Å². The fourth-order valence-electron chi connectivity index (χ4n) is 1.55. The van der Waals surface area contributed by atoms with E-state index < -0.39 is 5.97 Å². The molecule has 0 unspecified atom stereocenters. The maximum absolute atomic E-state index is 10.5. The van der Waals surface area contributed by atoms with E-state index in [4.69, 9.17) is 5.11 Å². The summed E-state index contributed by atoms with van der Waals surface area (Å²) in [6.07, 6.45) is 3.50. The first-order chi connectivity index (χ1) is 6.70. The summed E-state index contributed by atoms with van der Waals surface area (Å²) in [7, 11) is 0. The lowest BCUT2D eigenvalue weighted by Gasteiger charge is -1.93. The normalized spacial score (nSPS) is 15.8. The van der Waals surface area contributed by atoms with Crippen LogP contribution in [0.4, 0.5) is 0 Å². The van der Waals surface area contributed by atoms with Crippen LogP contribution in [0.25, 0.3) is 0 Å². The van der Waals surface area contributed by atoms with Crippen LogP contribution in [0.3, 0.4) is 0 Å². The molecule has 0 saturated heterocycles. The van der Waals surface area contributed by atoms with Crippen molar-refractivity contribution in [2.75, 3.05) is 0 Å². The van der Waals surface area contributed by atoms with Crippen molar-refractivity contribution in [1.82, 2.24) is 4.98 Å². The third kappa shape index (κ3) is 1.95. The minimum absolute atomic E-state index is 0.0738. The van der Waals surface area contributed by atoms with Crippen LogP contribution in [-0.4, -0.2) is 16.1 Å². The van der Waals surface area contributed by atoms with Crippen LogP contribution in [0.1, 0.15) is 41.3 Å². The molecule has 1 heterocycles. The van der Waals surface area contributed by atoms with Gasteiger partial charge in [-0.1, -0.05) is 6.92 Å². The molecule has 0 spiro atoms. The predicted octanol–water partition coefficient (Wildman–Crippen LogP) is 2.21. The Bertz CT molecular complexity index is 355. The standard InChI is InChI=1S/C10H13NO2S/c1-2-7-10(6-3-4-6)11-8(14-7)5-9(12)13/h6H,2-5H2,1H3,(H,12,13). The van der Waals surface area contributed by atoms with Crippen molar-refractivity contribution in [2.24, 2.45) is 0 Å². The highest BCUT2D eigenvalue weighted by molar-refractivity contribution is 7.11. The van der Waals surface area contributed by atoms with Gasteiger partial charge in [-0.25, -0.2) is 4.98 Å². The summed E-state index contributed by atoms with van der Waals surface area (Å²) in [5.74, 6) is -0.160. The molecule has 0 atom stereocenters. The van der Waals surface area contributed by atoms with Crippen molar-refractivity contribution in [1.29, 1.82) is 0 Å². The van der Waals surface area contributed by atoms with Gasteiger partial charge in [-0.15, -0.1) is 11.3 Å². The number of carbonyl (C=O) groups is 1. The molecule has 1 aliphatic rings. The molecule has 2 rings (SSSR count). The van der Waals surface area contributed by atoms with Crippen LogP contribution in [-0.2, 0) is 17.6 Å². The summed E-state index contributed by atoms with van der Waals surface area (Å²) >= 11 is 1.56. The average molecular weight is 211 g/mol. The zero-order chi connectivity index (χ0) is 10.1. The number of nitrogens with zero attached hydrogens (tertiary/aromatic N) is 1. The predicted molar refractivity (Wildman–Crippen MR) is 54.8 cm³/mol. The highest BCUT2D eigenvalue weighted by Gasteiger charge is 2.29. The minimum atomic E-state index is -0.788. The van der Waals surface area contributed by atoms with Gasteiger partial charge in [-0.3, -0.25) is 4.79 Å². The molecule has 76 valence electrons. The fourth-order valence-corrected chi connectivity index (χ4v) is 2.63. The molecule has 0 amide bonds. The van der Waals surface area contributed by atoms with Gasteiger partial charge < -0.3 is 5.11 Å². The third-order valence-corrected chi connectivity index (χ3v) is 3.57. The Hall–Kier alpha value is -0.900. The van der Waals surface area contributed by atoms with Gasteiger partial charge in [-0.05, 0) is 19.3 Å². The van der Waals surface area contributed by atoms with E-state index in [1.54, 1.807) is 11.3 Å². The maximum Gasteiger partial charge on any atom is 0.310 e. The number of aryl methyl sites for hydroxylation is 1. The molecule has 0 aliphatic heterocycles. The number of hydrogen-bond donors (Lipinski definition) is 1. The highest BCUT2D eigenvalue weighted by atomic mass is 32.1. The number of aromatic nitrogens is 1. The lowest BCUT2D eigenvalue weighted by Crippen LogP contribution is -1.99. The largest absolute Gasteiger partial charge is 0.481 e. The molecule has 0 radical (unpaired) electrons. The molecule has 1 aliphatic carbocycles. The van der Waals surface area contributed by atoms with E-state index in [0.717, 1.165) is 11.4 Å². The minimum Gasteiger partial charge on any atom is -0.481 e. The number of carboxylic acid groups (broad SMARTS) is 1. The SMILES string of the molecule is CCc1sc(CC(=O)O)nc1C1CC1. The van der Waals surface area contributed by atoms with Gasteiger partial charge in [0.15, 0.2) is 0 Å². The lowest BCUT2D eigenvalue weighted by atomic mass is 10.2. The third-order valence-electron chi connectivity index (χ3n) is 2.36. The molecule has 4 heteroatoms. The van der Waals surface area contributed by atoms with Gasteiger partial charge in [0.1, 0.15) is 5.01 Å². The quantitative estimate of drug-likeness (QED) is 0.830. The Kier molecular flexibility index (Phi) is 2.54. The van der Waals surface area contributed by atoms with E-state index >= 15 is 0 Å². The Morgan fingerprint density at radius 1 is 1.64 bits per heavy atom. The van der Waals surface area contributed by atoms with E-state index in [1.807, 2.05) is 0 Å². The molecule has 14 heavy (non-hydrogen) atoms. The van der Waals surface area contributed by atoms with Gasteiger partial charge in [0.25, 0.3) is 0 Å². The Morgan fingerprint density at radius 3 is 2.86 bits per heavy atom. The lowest BCUT2D eigenvalue weighted by molar-refractivity contribution is -0.136. The van der Waals surface area contributed by atoms with Crippen LogP contribution in [0.5, 0.6) is 0 Å². The number of rotatable bonds is 4. The van der Waals surface area contributed by atoms with E-state index in [0.29, 0.717) is 5.92 Å². The van der Waals surface area contributed by atoms with Crippen LogP contribution in [0.15, 0.2) is 0 Å². The molecule has 0 bridgehead atoms. The molecule has 3 nitrogen and oxygen atoms in total. The van der Waals surface area contributed by atoms with Gasteiger partial charge in [0.05, 0.1) is 12.1 Å². The van der Waals surface area contributed by atoms with Crippen LogP contribution in [0.2, 0.25) is 0 Å². The van der Waals surface area contributed by atoms with Crippen molar-refractivity contribution >= 4 is 17.3 Å². The van der Waals surface area contributed by atoms with Crippen molar-refractivity contribution < 1.29 is 9.90 Å². The number of thiazole rings is 1. The van der Waals surface area contributed by atoms with Crippen molar-refractivity contribution in [3.05, 3.63) is 15.6 Å². The number of hydrogen-bond acceptors (Lipinski definition) is 3. The van der Waals surface area contributed by atoms with E-state index in [2.05, 4.69) is 11.9 Å². The molecular formula is C10H13NO2S. The molecule has 1 aromatic rings. The second-order valence-electron chi connectivity index (χ2n) is 3.61. The second-order valence-corrected chi connectivity index (χ2v) is 4.78. The Morgan fingerprint density at radius 2 is 2.36 bits per heavy atom. The van der Waals surface area contributed by atoms with Crippen molar-refractivity contribution in [3.8, 4) is 0 Å². The van der Waals surface area contributed by atoms with Gasteiger partial charge in [0.2, 0.25) is 0 Å². The Balaban J connectivity index is 2.21. The summed E-state index contributed by atoms with van der Waals surface area (Å²) in [5.41, 5.74) is 1.17. The topological polar surface area (TPSA) is 50.2 Å².